The van der Waals surface area contributed by atoms with Crippen molar-refractivity contribution in [2.75, 3.05) is 30.9 Å². The van der Waals surface area contributed by atoms with Crippen molar-refractivity contribution in [3.8, 4) is 0 Å². The normalized spacial score (nSPS) is 10.2. The lowest BCUT2D eigenvalue weighted by molar-refractivity contribution is -0.119. The van der Waals surface area contributed by atoms with Gasteiger partial charge in [0.25, 0.3) is 5.91 Å². The predicted octanol–water partition coefficient (Wildman–Crippen LogP) is 2.48. The molecule has 3 amide bonds. The van der Waals surface area contributed by atoms with Gasteiger partial charge in [-0.2, -0.15) is 11.3 Å². The van der Waals surface area contributed by atoms with E-state index in [9.17, 15) is 14.4 Å². The first-order valence-electron chi connectivity index (χ1n) is 8.07. The fourth-order valence-corrected chi connectivity index (χ4v) is 2.81. The Bertz CT molecular complexity index is 747. The first-order valence-corrected chi connectivity index (χ1v) is 9.02. The summed E-state index contributed by atoms with van der Waals surface area (Å²) in [6.45, 7) is 0.392. The van der Waals surface area contributed by atoms with Gasteiger partial charge in [-0.05, 0) is 36.1 Å². The number of ether oxygens (including phenoxy) is 1. The fourth-order valence-electron chi connectivity index (χ4n) is 2.17. The van der Waals surface area contributed by atoms with Crippen molar-refractivity contribution >= 4 is 40.4 Å². The largest absolute Gasteiger partial charge is 0.375 e. The monoisotopic (exact) mass is 375 g/mol. The van der Waals surface area contributed by atoms with E-state index < -0.39 is 0 Å². The minimum absolute atomic E-state index is 0.0340. The van der Waals surface area contributed by atoms with E-state index in [4.69, 9.17) is 4.74 Å². The number of hydrogen-bond acceptors (Lipinski definition) is 5. The molecule has 1 heterocycles. The highest BCUT2D eigenvalue weighted by Gasteiger charge is 2.07. The highest BCUT2D eigenvalue weighted by Crippen LogP contribution is 2.15. The van der Waals surface area contributed by atoms with Gasteiger partial charge in [0, 0.05) is 42.4 Å². The zero-order valence-corrected chi connectivity index (χ0v) is 15.2. The topological polar surface area (TPSA) is 96.5 Å². The number of thiophene rings is 1. The van der Waals surface area contributed by atoms with E-state index in [-0.39, 0.29) is 30.7 Å². The molecule has 3 N–H and O–H groups in total. The minimum atomic E-state index is -0.266. The van der Waals surface area contributed by atoms with Gasteiger partial charge < -0.3 is 20.7 Å². The van der Waals surface area contributed by atoms with Crippen molar-refractivity contribution in [1.82, 2.24) is 5.32 Å². The van der Waals surface area contributed by atoms with Crippen molar-refractivity contribution in [1.29, 1.82) is 0 Å². The van der Waals surface area contributed by atoms with Crippen LogP contribution < -0.4 is 16.0 Å². The molecule has 0 radical (unpaired) electrons. The number of nitrogens with one attached hydrogen (secondary N) is 3. The number of amides is 3. The lowest BCUT2D eigenvalue weighted by Crippen LogP contribution is -2.25. The van der Waals surface area contributed by atoms with E-state index in [0.717, 1.165) is 0 Å². The minimum Gasteiger partial charge on any atom is -0.375 e. The van der Waals surface area contributed by atoms with Crippen LogP contribution in [0.4, 0.5) is 11.4 Å². The van der Waals surface area contributed by atoms with Gasteiger partial charge in [-0.3, -0.25) is 14.4 Å². The zero-order valence-electron chi connectivity index (χ0n) is 14.4. The maximum atomic E-state index is 12.0. The fraction of sp³-hybridized carbons (Fsp3) is 0.278. The number of anilines is 2. The quantitative estimate of drug-likeness (QED) is 0.587. The van der Waals surface area contributed by atoms with Crippen molar-refractivity contribution in [2.24, 2.45) is 0 Å². The third-order valence-corrected chi connectivity index (χ3v) is 4.04. The highest BCUT2D eigenvalue weighted by atomic mass is 32.1. The Labute approximate surface area is 155 Å². The van der Waals surface area contributed by atoms with Gasteiger partial charge in [-0.25, -0.2) is 0 Å². The van der Waals surface area contributed by atoms with Gasteiger partial charge in [-0.15, -0.1) is 0 Å². The molecule has 0 spiro atoms. The third-order valence-electron chi connectivity index (χ3n) is 3.36. The smallest absolute Gasteiger partial charge is 0.252 e. The molecular weight excluding hydrogens is 354 g/mol. The Hall–Kier alpha value is -2.71. The molecule has 0 bridgehead atoms. The summed E-state index contributed by atoms with van der Waals surface area (Å²) in [4.78, 5) is 35.3. The summed E-state index contributed by atoms with van der Waals surface area (Å²) in [7, 11) is 1.44. The second kappa shape index (κ2) is 10.3. The molecule has 1 aromatic heterocycles. The van der Waals surface area contributed by atoms with E-state index in [0.29, 0.717) is 29.9 Å². The Morgan fingerprint density at radius 3 is 2.46 bits per heavy atom. The van der Waals surface area contributed by atoms with Crippen LogP contribution in [0.15, 0.2) is 41.1 Å². The number of hydrogen-bond donors (Lipinski definition) is 3. The van der Waals surface area contributed by atoms with Gasteiger partial charge in [0.15, 0.2) is 0 Å². The number of carbonyl (C=O) groups excluding carboxylic acids is 3. The molecule has 0 aliphatic rings. The van der Waals surface area contributed by atoms with Crippen LogP contribution in [-0.2, 0) is 14.3 Å². The summed E-state index contributed by atoms with van der Waals surface area (Å²) in [6.07, 6.45) is 0.816. The molecule has 26 heavy (non-hydrogen) atoms. The molecule has 138 valence electrons. The van der Waals surface area contributed by atoms with Crippen molar-refractivity contribution in [3.05, 3.63) is 46.7 Å². The molecule has 0 unspecified atom stereocenters. The molecule has 2 aromatic rings. The third kappa shape index (κ3) is 6.66. The summed E-state index contributed by atoms with van der Waals surface area (Å²) in [6, 6.07) is 8.62. The van der Waals surface area contributed by atoms with Gasteiger partial charge in [0.05, 0.1) is 0 Å². The Kier molecular flexibility index (Phi) is 7.78. The van der Waals surface area contributed by atoms with Crippen molar-refractivity contribution in [3.63, 3.8) is 0 Å². The van der Waals surface area contributed by atoms with Crippen LogP contribution in [-0.4, -0.2) is 38.0 Å². The maximum Gasteiger partial charge on any atom is 0.252 e. The van der Waals surface area contributed by atoms with Crippen molar-refractivity contribution < 1.29 is 19.1 Å². The standard InChI is InChI=1S/C18H21N3O4S/c1-25-11-17(23)21-15-5-2-4-14(10-15)20-16(22)6-3-8-19-18(24)13-7-9-26-12-13/h2,4-5,7,9-10,12H,3,6,8,11H2,1H3,(H,19,24)(H,20,22)(H,21,23). The van der Waals surface area contributed by atoms with E-state index in [2.05, 4.69) is 16.0 Å². The summed E-state index contributed by atoms with van der Waals surface area (Å²) < 4.78 is 4.75. The molecule has 0 saturated heterocycles. The number of methoxy groups -OCH3 is 1. The first kappa shape index (κ1) is 19.6. The molecule has 0 aliphatic carbocycles. The van der Waals surface area contributed by atoms with Crippen LogP contribution in [0.2, 0.25) is 0 Å². The zero-order chi connectivity index (χ0) is 18.8. The Balaban J connectivity index is 1.72. The van der Waals surface area contributed by atoms with Crippen LogP contribution >= 0.6 is 11.3 Å². The van der Waals surface area contributed by atoms with Crippen LogP contribution in [0.5, 0.6) is 0 Å². The molecule has 2 rings (SSSR count). The molecule has 0 aliphatic heterocycles. The summed E-state index contributed by atoms with van der Waals surface area (Å²) in [5, 5.41) is 11.8. The Morgan fingerprint density at radius 1 is 1.08 bits per heavy atom. The SMILES string of the molecule is COCC(=O)Nc1cccc(NC(=O)CCCNC(=O)c2ccsc2)c1. The van der Waals surface area contributed by atoms with Gasteiger partial charge >= 0.3 is 0 Å². The van der Waals surface area contributed by atoms with Crippen LogP contribution in [0.1, 0.15) is 23.2 Å². The van der Waals surface area contributed by atoms with E-state index in [1.54, 1.807) is 35.7 Å². The predicted molar refractivity (Wildman–Crippen MR) is 101 cm³/mol. The molecule has 0 saturated carbocycles. The number of rotatable bonds is 9. The molecule has 1 aromatic carbocycles. The van der Waals surface area contributed by atoms with Crippen LogP contribution in [0.3, 0.4) is 0 Å². The average molecular weight is 375 g/mol. The van der Waals surface area contributed by atoms with E-state index in [1.807, 2.05) is 5.38 Å². The first-order chi connectivity index (χ1) is 12.6. The van der Waals surface area contributed by atoms with Crippen molar-refractivity contribution in [2.45, 2.75) is 12.8 Å². The molecule has 0 atom stereocenters. The molecule has 0 fully saturated rings. The molecule has 7 nitrogen and oxygen atoms in total. The van der Waals surface area contributed by atoms with E-state index >= 15 is 0 Å². The summed E-state index contributed by atoms with van der Waals surface area (Å²) in [5.41, 5.74) is 1.80. The maximum absolute atomic E-state index is 12.0. The van der Waals surface area contributed by atoms with Gasteiger partial charge in [-0.1, -0.05) is 6.07 Å². The van der Waals surface area contributed by atoms with E-state index in [1.165, 1.54) is 18.4 Å². The van der Waals surface area contributed by atoms with Crippen LogP contribution in [0, 0.1) is 0 Å². The number of carbonyl (C=O) groups is 3. The lowest BCUT2D eigenvalue weighted by atomic mass is 10.2. The molecular formula is C18H21N3O4S. The second-order valence-corrected chi connectivity index (χ2v) is 6.26. The Morgan fingerprint density at radius 2 is 1.81 bits per heavy atom. The van der Waals surface area contributed by atoms with Crippen LogP contribution in [0.25, 0.3) is 0 Å². The molecule has 8 heteroatoms. The summed E-state index contributed by atoms with van der Waals surface area (Å²) >= 11 is 1.46. The second-order valence-electron chi connectivity index (χ2n) is 5.48. The highest BCUT2D eigenvalue weighted by molar-refractivity contribution is 7.08. The lowest BCUT2D eigenvalue weighted by Gasteiger charge is -2.09. The number of benzene rings is 1. The van der Waals surface area contributed by atoms with Gasteiger partial charge in [0.2, 0.25) is 11.8 Å². The summed E-state index contributed by atoms with van der Waals surface area (Å²) in [5.74, 6) is -0.557. The average Bonchev–Trinajstić information content (AvgIpc) is 3.14. The van der Waals surface area contributed by atoms with Gasteiger partial charge in [0.1, 0.15) is 6.61 Å².